The van der Waals surface area contributed by atoms with Crippen molar-refractivity contribution >= 4 is 39.1 Å². The van der Waals surface area contributed by atoms with E-state index in [1.54, 1.807) is 24.5 Å². The van der Waals surface area contributed by atoms with Gasteiger partial charge in [-0.05, 0) is 38.0 Å². The van der Waals surface area contributed by atoms with Crippen LogP contribution in [0.25, 0.3) is 10.2 Å². The third-order valence-electron chi connectivity index (χ3n) is 4.25. The van der Waals surface area contributed by atoms with Crippen LogP contribution in [0.4, 0.5) is 0 Å². The number of aryl methyl sites for hydroxylation is 3. The number of nitrogens with zero attached hydrogens (tertiary/aromatic N) is 2. The quantitative estimate of drug-likeness (QED) is 0.315. The maximum absolute atomic E-state index is 12.6. The number of benzene rings is 1. The van der Waals surface area contributed by atoms with Crippen LogP contribution in [0.5, 0.6) is 5.75 Å². The molecule has 136 valence electrons. The van der Waals surface area contributed by atoms with Gasteiger partial charge in [-0.25, -0.2) is 9.97 Å². The number of hydrogen-bond acceptors (Lipinski definition) is 6. The molecule has 0 fully saturated rings. The molecule has 0 aliphatic rings. The molecule has 4 nitrogen and oxygen atoms in total. The summed E-state index contributed by atoms with van der Waals surface area (Å²) < 4.78 is 5.21. The summed E-state index contributed by atoms with van der Waals surface area (Å²) in [6, 6.07) is 7.28. The van der Waals surface area contributed by atoms with Gasteiger partial charge in [0.1, 0.15) is 21.4 Å². The van der Waals surface area contributed by atoms with Crippen molar-refractivity contribution in [3.63, 3.8) is 0 Å². The number of carbonyl (C=O) groups is 1. The van der Waals surface area contributed by atoms with Gasteiger partial charge in [-0.1, -0.05) is 30.8 Å². The molecule has 0 aliphatic heterocycles. The number of Topliss-reactive ketones (excluding diaryl/α,β-unsaturated/α-hetero) is 1. The number of rotatable bonds is 7. The van der Waals surface area contributed by atoms with E-state index < -0.39 is 0 Å². The van der Waals surface area contributed by atoms with E-state index in [9.17, 15) is 4.79 Å². The van der Waals surface area contributed by atoms with Gasteiger partial charge < -0.3 is 4.74 Å². The van der Waals surface area contributed by atoms with Crippen molar-refractivity contribution in [1.29, 1.82) is 0 Å². The van der Waals surface area contributed by atoms with Gasteiger partial charge in [-0.15, -0.1) is 11.3 Å². The molecule has 0 saturated carbocycles. The maximum Gasteiger partial charge on any atom is 0.173 e. The van der Waals surface area contributed by atoms with Crippen molar-refractivity contribution in [3.05, 3.63) is 46.1 Å². The Balaban J connectivity index is 1.88. The van der Waals surface area contributed by atoms with Crippen LogP contribution in [0.1, 0.15) is 40.0 Å². The first-order chi connectivity index (χ1) is 12.5. The van der Waals surface area contributed by atoms with Crippen LogP contribution in [0, 0.1) is 13.8 Å². The van der Waals surface area contributed by atoms with Gasteiger partial charge >= 0.3 is 0 Å². The van der Waals surface area contributed by atoms with E-state index in [1.165, 1.54) is 22.2 Å². The van der Waals surface area contributed by atoms with Crippen LogP contribution in [-0.4, -0.2) is 28.6 Å². The van der Waals surface area contributed by atoms with Gasteiger partial charge in [-0.2, -0.15) is 0 Å². The van der Waals surface area contributed by atoms with Crippen molar-refractivity contribution < 1.29 is 9.53 Å². The molecule has 6 heteroatoms. The Labute approximate surface area is 162 Å². The Hall–Kier alpha value is -1.92. The van der Waals surface area contributed by atoms with E-state index in [2.05, 4.69) is 20.8 Å². The van der Waals surface area contributed by atoms with Crippen molar-refractivity contribution in [2.45, 2.75) is 38.6 Å². The Morgan fingerprint density at radius 2 is 2.08 bits per heavy atom. The SMILES string of the molecule is CCCc1nc(SCC(=O)c2cccc(OC)c2)c2c(C)c(C)sc2n1. The smallest absolute Gasteiger partial charge is 0.173 e. The second-order valence-electron chi connectivity index (χ2n) is 6.10. The van der Waals surface area contributed by atoms with Gasteiger partial charge in [0.2, 0.25) is 0 Å². The molecule has 0 bridgehead atoms. The summed E-state index contributed by atoms with van der Waals surface area (Å²) in [4.78, 5) is 24.3. The fraction of sp³-hybridized carbons (Fsp3) is 0.350. The van der Waals surface area contributed by atoms with Gasteiger partial charge in [0, 0.05) is 22.2 Å². The molecular formula is C20H22N2O2S2. The number of thioether (sulfide) groups is 1. The molecule has 2 heterocycles. The number of ether oxygens (including phenoxy) is 1. The molecule has 0 N–H and O–H groups in total. The van der Waals surface area contributed by atoms with Crippen LogP contribution in [0.15, 0.2) is 29.3 Å². The fourth-order valence-corrected chi connectivity index (χ4v) is 4.82. The highest BCUT2D eigenvalue weighted by Crippen LogP contribution is 2.35. The molecule has 0 saturated heterocycles. The summed E-state index contributed by atoms with van der Waals surface area (Å²) in [5.41, 5.74) is 1.87. The first-order valence-electron chi connectivity index (χ1n) is 8.60. The normalized spacial score (nSPS) is 11.1. The average molecular weight is 387 g/mol. The lowest BCUT2D eigenvalue weighted by Crippen LogP contribution is -2.04. The van der Waals surface area contributed by atoms with Crippen molar-refractivity contribution in [2.24, 2.45) is 0 Å². The van der Waals surface area contributed by atoms with Crippen molar-refractivity contribution in [1.82, 2.24) is 9.97 Å². The number of thiophene rings is 1. The molecule has 0 spiro atoms. The lowest BCUT2D eigenvalue weighted by molar-refractivity contribution is 0.102. The van der Waals surface area contributed by atoms with E-state index >= 15 is 0 Å². The summed E-state index contributed by atoms with van der Waals surface area (Å²) in [5, 5.41) is 2.01. The van der Waals surface area contributed by atoms with Crippen LogP contribution in [0.2, 0.25) is 0 Å². The van der Waals surface area contributed by atoms with Gasteiger partial charge in [-0.3, -0.25) is 4.79 Å². The van der Waals surface area contributed by atoms with Gasteiger partial charge in [0.05, 0.1) is 12.9 Å². The van der Waals surface area contributed by atoms with Crippen LogP contribution < -0.4 is 4.74 Å². The zero-order valence-electron chi connectivity index (χ0n) is 15.5. The second kappa shape index (κ2) is 8.18. The predicted molar refractivity (Wildman–Crippen MR) is 109 cm³/mol. The first kappa shape index (κ1) is 18.9. The highest BCUT2D eigenvalue weighted by atomic mass is 32.2. The molecule has 0 aliphatic carbocycles. The largest absolute Gasteiger partial charge is 0.497 e. The summed E-state index contributed by atoms with van der Waals surface area (Å²) in [7, 11) is 1.60. The maximum atomic E-state index is 12.6. The molecule has 2 aromatic heterocycles. The number of aromatic nitrogens is 2. The summed E-state index contributed by atoms with van der Waals surface area (Å²) in [6.07, 6.45) is 1.85. The minimum absolute atomic E-state index is 0.0716. The molecule has 0 atom stereocenters. The second-order valence-corrected chi connectivity index (χ2v) is 8.27. The number of fused-ring (bicyclic) bond motifs is 1. The van der Waals surface area contributed by atoms with Crippen molar-refractivity contribution in [2.75, 3.05) is 12.9 Å². The van der Waals surface area contributed by atoms with Crippen LogP contribution >= 0.6 is 23.1 Å². The molecule has 1 aromatic carbocycles. The Morgan fingerprint density at radius 3 is 2.81 bits per heavy atom. The highest BCUT2D eigenvalue weighted by molar-refractivity contribution is 8.00. The van der Waals surface area contributed by atoms with Gasteiger partial charge in [0.25, 0.3) is 0 Å². The topological polar surface area (TPSA) is 52.1 Å². The Bertz CT molecular complexity index is 950. The highest BCUT2D eigenvalue weighted by Gasteiger charge is 2.16. The fourth-order valence-electron chi connectivity index (χ4n) is 2.71. The third-order valence-corrected chi connectivity index (χ3v) is 6.32. The molecule has 3 rings (SSSR count). The molecule has 26 heavy (non-hydrogen) atoms. The molecule has 3 aromatic rings. The number of hydrogen-bond donors (Lipinski definition) is 0. The molecule has 0 amide bonds. The lowest BCUT2D eigenvalue weighted by Gasteiger charge is -2.07. The average Bonchev–Trinajstić information content (AvgIpc) is 2.93. The van der Waals surface area contributed by atoms with Crippen LogP contribution in [0.3, 0.4) is 0 Å². The van der Waals surface area contributed by atoms with E-state index in [0.29, 0.717) is 17.1 Å². The molecule has 0 unspecified atom stereocenters. The zero-order valence-corrected chi connectivity index (χ0v) is 17.1. The Morgan fingerprint density at radius 1 is 1.27 bits per heavy atom. The molecular weight excluding hydrogens is 364 g/mol. The minimum Gasteiger partial charge on any atom is -0.497 e. The van der Waals surface area contributed by atoms with E-state index in [1.807, 2.05) is 18.2 Å². The standard InChI is InChI=1S/C20H22N2O2S2/c1-5-7-17-21-19(18-12(2)13(3)26-20(18)22-17)25-11-16(23)14-8-6-9-15(10-14)24-4/h6,8-10H,5,7,11H2,1-4H3. The summed E-state index contributed by atoms with van der Waals surface area (Å²) in [5.74, 6) is 1.97. The minimum atomic E-state index is 0.0716. The third kappa shape index (κ3) is 3.91. The van der Waals surface area contributed by atoms with Crippen molar-refractivity contribution in [3.8, 4) is 5.75 Å². The van der Waals surface area contributed by atoms with E-state index in [0.717, 1.165) is 33.9 Å². The number of ketones is 1. The predicted octanol–water partition coefficient (Wildman–Crippen LogP) is 5.24. The zero-order chi connectivity index (χ0) is 18.7. The lowest BCUT2D eigenvalue weighted by atomic mass is 10.1. The van der Waals surface area contributed by atoms with Crippen LogP contribution in [-0.2, 0) is 6.42 Å². The Kier molecular flexibility index (Phi) is 5.94. The number of carbonyl (C=O) groups excluding carboxylic acids is 1. The van der Waals surface area contributed by atoms with E-state index in [4.69, 9.17) is 14.7 Å². The number of methoxy groups -OCH3 is 1. The first-order valence-corrected chi connectivity index (χ1v) is 10.4. The molecule has 0 radical (unpaired) electrons. The van der Waals surface area contributed by atoms with Gasteiger partial charge in [0.15, 0.2) is 5.78 Å². The van der Waals surface area contributed by atoms with E-state index in [-0.39, 0.29) is 5.78 Å². The monoisotopic (exact) mass is 386 g/mol. The summed E-state index contributed by atoms with van der Waals surface area (Å²) in [6.45, 7) is 6.33. The summed E-state index contributed by atoms with van der Waals surface area (Å²) >= 11 is 3.20.